The van der Waals surface area contributed by atoms with E-state index < -0.39 is 0 Å². The Morgan fingerprint density at radius 1 is 1.00 bits per heavy atom. The Morgan fingerprint density at radius 3 is 2.47 bits per heavy atom. The van der Waals surface area contributed by atoms with E-state index >= 15 is 0 Å². The van der Waals surface area contributed by atoms with Crippen LogP contribution in [0.5, 0.6) is 0 Å². The van der Waals surface area contributed by atoms with Crippen LogP contribution < -0.4 is 5.32 Å². The van der Waals surface area contributed by atoms with E-state index in [1.165, 1.54) is 5.56 Å². The molecule has 0 bridgehead atoms. The van der Waals surface area contributed by atoms with Crippen LogP contribution in [0.3, 0.4) is 0 Å². The van der Waals surface area contributed by atoms with Gasteiger partial charge < -0.3 is 5.32 Å². The molecule has 0 atom stereocenters. The van der Waals surface area contributed by atoms with Gasteiger partial charge in [-0.2, -0.15) is 0 Å². The molecule has 3 nitrogen and oxygen atoms in total. The fraction of sp³-hybridized carbons (Fsp3) is 0.185. The van der Waals surface area contributed by atoms with Crippen LogP contribution >= 0.6 is 23.2 Å². The van der Waals surface area contributed by atoms with E-state index in [9.17, 15) is 4.79 Å². The average Bonchev–Trinajstić information content (AvgIpc) is 2.78. The Morgan fingerprint density at radius 2 is 1.75 bits per heavy atom. The third-order valence-corrected chi connectivity index (χ3v) is 6.13. The number of aryl methyl sites for hydroxylation is 1. The van der Waals surface area contributed by atoms with Crippen molar-refractivity contribution in [1.29, 1.82) is 0 Å². The molecule has 0 aliphatic carbocycles. The number of nitrogens with zero attached hydrogens (tertiary/aromatic N) is 1. The van der Waals surface area contributed by atoms with Crippen molar-refractivity contribution in [3.8, 4) is 11.3 Å². The van der Waals surface area contributed by atoms with E-state index in [1.807, 2.05) is 49.4 Å². The molecule has 1 aromatic heterocycles. The van der Waals surface area contributed by atoms with E-state index in [4.69, 9.17) is 28.2 Å². The van der Waals surface area contributed by atoms with Crippen LogP contribution in [0.1, 0.15) is 41.3 Å². The van der Waals surface area contributed by atoms with E-state index in [2.05, 4.69) is 24.4 Å². The van der Waals surface area contributed by atoms with Gasteiger partial charge >= 0.3 is 0 Å². The number of nitrogens with one attached hydrogen (secondary N) is 1. The molecule has 4 aromatic rings. The number of amides is 1. The van der Waals surface area contributed by atoms with Crippen molar-refractivity contribution < 1.29 is 4.79 Å². The number of unbranched alkanes of at least 4 members (excludes halogenated alkanes) is 1. The molecule has 1 N–H and O–H groups in total. The Hall–Kier alpha value is -2.88. The molecular formula is C27H24Cl2N2O. The van der Waals surface area contributed by atoms with E-state index in [-0.39, 0.29) is 5.91 Å². The van der Waals surface area contributed by atoms with Gasteiger partial charge in [-0.25, -0.2) is 4.98 Å². The number of anilines is 1. The van der Waals surface area contributed by atoms with Gasteiger partial charge in [-0.05, 0) is 67.3 Å². The Balaban J connectivity index is 1.75. The summed E-state index contributed by atoms with van der Waals surface area (Å²) >= 11 is 12.6. The smallest absolute Gasteiger partial charge is 0.256 e. The minimum absolute atomic E-state index is 0.172. The lowest BCUT2D eigenvalue weighted by atomic mass is 9.97. The molecule has 32 heavy (non-hydrogen) atoms. The maximum atomic E-state index is 13.4. The lowest BCUT2D eigenvalue weighted by Crippen LogP contribution is -2.15. The predicted octanol–water partition coefficient (Wildman–Crippen LogP) is 8.11. The minimum Gasteiger partial charge on any atom is -0.322 e. The number of carbonyl (C=O) groups excluding carboxylic acids is 1. The molecule has 3 aromatic carbocycles. The zero-order valence-electron chi connectivity index (χ0n) is 18.1. The highest BCUT2D eigenvalue weighted by Crippen LogP contribution is 2.35. The van der Waals surface area contributed by atoms with Gasteiger partial charge in [0.25, 0.3) is 5.91 Å². The fourth-order valence-electron chi connectivity index (χ4n) is 3.87. The molecule has 0 radical (unpaired) electrons. The van der Waals surface area contributed by atoms with Gasteiger partial charge in [-0.15, -0.1) is 0 Å². The molecule has 0 spiro atoms. The largest absolute Gasteiger partial charge is 0.322 e. The van der Waals surface area contributed by atoms with E-state index in [0.717, 1.165) is 47.0 Å². The number of halogens is 2. The van der Waals surface area contributed by atoms with Crippen molar-refractivity contribution in [3.05, 3.63) is 93.5 Å². The third kappa shape index (κ3) is 4.64. The molecule has 0 unspecified atom stereocenters. The first-order valence-corrected chi connectivity index (χ1v) is 11.5. The van der Waals surface area contributed by atoms with E-state index in [0.29, 0.717) is 21.3 Å². The van der Waals surface area contributed by atoms with Gasteiger partial charge in [-0.1, -0.05) is 66.9 Å². The lowest BCUT2D eigenvalue weighted by molar-refractivity contribution is 0.102. The maximum Gasteiger partial charge on any atom is 0.256 e. The first-order chi connectivity index (χ1) is 15.5. The topological polar surface area (TPSA) is 42.0 Å². The zero-order chi connectivity index (χ0) is 22.7. The van der Waals surface area contributed by atoms with Crippen molar-refractivity contribution in [3.63, 3.8) is 0 Å². The second-order valence-electron chi connectivity index (χ2n) is 7.86. The summed E-state index contributed by atoms with van der Waals surface area (Å²) in [6.45, 7) is 4.09. The third-order valence-electron chi connectivity index (χ3n) is 5.58. The van der Waals surface area contributed by atoms with Crippen molar-refractivity contribution in [1.82, 2.24) is 4.98 Å². The monoisotopic (exact) mass is 462 g/mol. The van der Waals surface area contributed by atoms with Crippen LogP contribution in [-0.2, 0) is 6.42 Å². The molecule has 4 rings (SSSR count). The summed E-state index contributed by atoms with van der Waals surface area (Å²) < 4.78 is 0. The van der Waals surface area contributed by atoms with Crippen LogP contribution in [0.4, 0.5) is 5.69 Å². The van der Waals surface area contributed by atoms with Gasteiger partial charge in [0.1, 0.15) is 0 Å². The molecule has 0 saturated carbocycles. The maximum absolute atomic E-state index is 13.4. The van der Waals surface area contributed by atoms with Crippen LogP contribution in [0.15, 0.2) is 66.7 Å². The molecule has 5 heteroatoms. The highest BCUT2D eigenvalue weighted by Gasteiger charge is 2.20. The average molecular weight is 463 g/mol. The standard InChI is InChI=1S/C27H24Cl2N2O/c1-3-4-7-18-10-13-20(14-11-18)30-27(32)25-17(2)26(21-15-12-19(28)16-23(21)29)31-24-9-6-5-8-22(24)25/h5-6,8-16H,3-4,7H2,1-2H3,(H,30,32). The molecule has 162 valence electrons. The zero-order valence-corrected chi connectivity index (χ0v) is 19.6. The molecular weight excluding hydrogens is 439 g/mol. The van der Waals surface area contributed by atoms with Crippen LogP contribution in [0.2, 0.25) is 10.0 Å². The van der Waals surface area contributed by atoms with Crippen LogP contribution in [0, 0.1) is 6.92 Å². The lowest BCUT2D eigenvalue weighted by Gasteiger charge is -2.16. The number of hydrogen-bond acceptors (Lipinski definition) is 2. The number of rotatable bonds is 6. The van der Waals surface area contributed by atoms with Gasteiger partial charge in [0, 0.05) is 21.7 Å². The van der Waals surface area contributed by atoms with Crippen LogP contribution in [0.25, 0.3) is 22.2 Å². The first kappa shape index (κ1) is 22.3. The highest BCUT2D eigenvalue weighted by molar-refractivity contribution is 6.36. The number of aromatic nitrogens is 1. The molecule has 0 aliphatic rings. The summed E-state index contributed by atoms with van der Waals surface area (Å²) in [5, 5.41) is 4.91. The van der Waals surface area contributed by atoms with Crippen molar-refractivity contribution in [2.75, 3.05) is 5.32 Å². The summed E-state index contributed by atoms with van der Waals surface area (Å²) in [6, 6.07) is 21.0. The van der Waals surface area contributed by atoms with Crippen molar-refractivity contribution in [2.45, 2.75) is 33.1 Å². The van der Waals surface area contributed by atoms with Gasteiger partial charge in [0.2, 0.25) is 0 Å². The second-order valence-corrected chi connectivity index (χ2v) is 8.70. The number of benzene rings is 3. The Bertz CT molecular complexity index is 1280. The first-order valence-electron chi connectivity index (χ1n) is 10.7. The van der Waals surface area contributed by atoms with E-state index in [1.54, 1.807) is 12.1 Å². The normalized spacial score (nSPS) is 11.0. The summed E-state index contributed by atoms with van der Waals surface area (Å²) in [6.07, 6.45) is 3.36. The summed E-state index contributed by atoms with van der Waals surface area (Å²) in [5.41, 5.74) is 5.55. The highest BCUT2D eigenvalue weighted by atomic mass is 35.5. The summed E-state index contributed by atoms with van der Waals surface area (Å²) in [7, 11) is 0. The summed E-state index contributed by atoms with van der Waals surface area (Å²) in [4.78, 5) is 18.3. The predicted molar refractivity (Wildman–Crippen MR) is 135 cm³/mol. The van der Waals surface area contributed by atoms with Gasteiger partial charge in [-0.3, -0.25) is 4.79 Å². The van der Waals surface area contributed by atoms with Gasteiger partial charge in [0.05, 0.1) is 21.8 Å². The number of carbonyl (C=O) groups is 1. The quantitative estimate of drug-likeness (QED) is 0.314. The van der Waals surface area contributed by atoms with Crippen molar-refractivity contribution >= 4 is 45.7 Å². The second kappa shape index (κ2) is 9.72. The van der Waals surface area contributed by atoms with Gasteiger partial charge in [0.15, 0.2) is 0 Å². The number of para-hydroxylation sites is 1. The van der Waals surface area contributed by atoms with Crippen molar-refractivity contribution in [2.24, 2.45) is 0 Å². The SMILES string of the molecule is CCCCc1ccc(NC(=O)c2c(C)c(-c3ccc(Cl)cc3Cl)nc3ccccc23)cc1. The molecule has 1 heterocycles. The Kier molecular flexibility index (Phi) is 6.78. The number of hydrogen-bond donors (Lipinski definition) is 1. The minimum atomic E-state index is -0.172. The molecule has 0 saturated heterocycles. The van der Waals surface area contributed by atoms with Crippen LogP contribution in [-0.4, -0.2) is 10.9 Å². The fourth-order valence-corrected chi connectivity index (χ4v) is 4.37. The number of fused-ring (bicyclic) bond motifs is 1. The number of pyridine rings is 1. The Labute approximate surface area is 198 Å². The molecule has 1 amide bonds. The molecule has 0 aliphatic heterocycles. The summed E-state index contributed by atoms with van der Waals surface area (Å²) in [5.74, 6) is -0.172. The molecule has 0 fully saturated rings.